The Bertz CT molecular complexity index is 533. The van der Waals surface area contributed by atoms with Crippen LogP contribution in [-0.2, 0) is 17.8 Å². The summed E-state index contributed by atoms with van der Waals surface area (Å²) in [5.41, 5.74) is 1.05. The number of hydrogen-bond acceptors (Lipinski definition) is 3. The molecule has 0 aliphatic carbocycles. The first kappa shape index (κ1) is 10.2. The minimum atomic E-state index is 0.0981. The quantitative estimate of drug-likeness (QED) is 0.734. The van der Waals surface area contributed by atoms with Gasteiger partial charge in [-0.2, -0.15) is 0 Å². The zero-order valence-electron chi connectivity index (χ0n) is 9.41. The Morgan fingerprint density at radius 1 is 1.24 bits per heavy atom. The third-order valence-electron chi connectivity index (χ3n) is 3.21. The van der Waals surface area contributed by atoms with Gasteiger partial charge in [-0.25, -0.2) is 0 Å². The molecule has 0 saturated heterocycles. The Hall–Kier alpha value is -1.97. The van der Waals surface area contributed by atoms with Gasteiger partial charge in [-0.1, -0.05) is 30.3 Å². The number of aromatic nitrogens is 3. The SMILES string of the molecule is O=CC1CCc2nnc(-c3ccccc3)n2C1. The van der Waals surface area contributed by atoms with Crippen LogP contribution in [-0.4, -0.2) is 21.1 Å². The number of aryl methyl sites for hydroxylation is 1. The molecule has 1 unspecified atom stereocenters. The van der Waals surface area contributed by atoms with Gasteiger partial charge in [-0.05, 0) is 6.42 Å². The van der Waals surface area contributed by atoms with Crippen LogP contribution in [0.4, 0.5) is 0 Å². The van der Waals surface area contributed by atoms with Gasteiger partial charge in [0.15, 0.2) is 5.82 Å². The minimum Gasteiger partial charge on any atom is -0.310 e. The minimum absolute atomic E-state index is 0.0981. The second kappa shape index (κ2) is 4.13. The highest BCUT2D eigenvalue weighted by molar-refractivity contribution is 5.57. The molecule has 4 nitrogen and oxygen atoms in total. The van der Waals surface area contributed by atoms with Crippen LogP contribution in [0.25, 0.3) is 11.4 Å². The molecule has 1 aliphatic rings. The van der Waals surface area contributed by atoms with Crippen molar-refractivity contribution in [2.75, 3.05) is 0 Å². The lowest BCUT2D eigenvalue weighted by molar-refractivity contribution is -0.111. The summed E-state index contributed by atoms with van der Waals surface area (Å²) in [7, 11) is 0. The number of nitrogens with zero attached hydrogens (tertiary/aromatic N) is 3. The molecule has 0 fully saturated rings. The number of fused-ring (bicyclic) bond motifs is 1. The zero-order chi connectivity index (χ0) is 11.7. The maximum atomic E-state index is 10.9. The van der Waals surface area contributed by atoms with Gasteiger partial charge in [0.25, 0.3) is 0 Å². The van der Waals surface area contributed by atoms with E-state index in [0.717, 1.165) is 36.3 Å². The van der Waals surface area contributed by atoms with Gasteiger partial charge in [-0.15, -0.1) is 10.2 Å². The summed E-state index contributed by atoms with van der Waals surface area (Å²) in [6.07, 6.45) is 2.76. The summed E-state index contributed by atoms with van der Waals surface area (Å²) in [6.45, 7) is 0.704. The Morgan fingerprint density at radius 2 is 2.06 bits per heavy atom. The molecule has 1 aliphatic heterocycles. The smallest absolute Gasteiger partial charge is 0.163 e. The highest BCUT2D eigenvalue weighted by atomic mass is 16.1. The monoisotopic (exact) mass is 227 g/mol. The largest absolute Gasteiger partial charge is 0.310 e. The van der Waals surface area contributed by atoms with Crippen molar-refractivity contribution in [3.8, 4) is 11.4 Å². The van der Waals surface area contributed by atoms with Crippen molar-refractivity contribution in [1.82, 2.24) is 14.8 Å². The van der Waals surface area contributed by atoms with Gasteiger partial charge in [0.05, 0.1) is 0 Å². The van der Waals surface area contributed by atoms with Crippen LogP contribution < -0.4 is 0 Å². The van der Waals surface area contributed by atoms with Gasteiger partial charge in [0, 0.05) is 24.4 Å². The molecule has 3 rings (SSSR count). The van der Waals surface area contributed by atoms with Crippen molar-refractivity contribution in [2.45, 2.75) is 19.4 Å². The summed E-state index contributed by atoms with van der Waals surface area (Å²) < 4.78 is 2.07. The lowest BCUT2D eigenvalue weighted by Crippen LogP contribution is -2.21. The van der Waals surface area contributed by atoms with Gasteiger partial charge in [-0.3, -0.25) is 0 Å². The van der Waals surface area contributed by atoms with Gasteiger partial charge in [0.2, 0.25) is 0 Å². The fourth-order valence-corrected chi connectivity index (χ4v) is 2.26. The van der Waals surface area contributed by atoms with Crippen LogP contribution in [0.1, 0.15) is 12.2 Å². The maximum absolute atomic E-state index is 10.9. The molecule has 2 heterocycles. The molecule has 2 aromatic rings. The third-order valence-corrected chi connectivity index (χ3v) is 3.21. The number of benzene rings is 1. The van der Waals surface area contributed by atoms with E-state index in [4.69, 9.17) is 0 Å². The Morgan fingerprint density at radius 3 is 2.82 bits per heavy atom. The summed E-state index contributed by atoms with van der Waals surface area (Å²) in [4.78, 5) is 10.9. The van der Waals surface area contributed by atoms with E-state index in [-0.39, 0.29) is 5.92 Å². The number of carbonyl (C=O) groups is 1. The lowest BCUT2D eigenvalue weighted by Gasteiger charge is -2.19. The standard InChI is InChI=1S/C13H13N3O/c17-9-10-6-7-12-14-15-13(16(12)8-10)11-4-2-1-3-5-11/h1-5,9-10H,6-8H2. The lowest BCUT2D eigenvalue weighted by atomic mass is 10.0. The van der Waals surface area contributed by atoms with Gasteiger partial charge >= 0.3 is 0 Å². The molecule has 0 saturated carbocycles. The van der Waals surface area contributed by atoms with E-state index in [1.54, 1.807) is 0 Å². The summed E-state index contributed by atoms with van der Waals surface area (Å²) in [5.74, 6) is 1.95. The van der Waals surface area contributed by atoms with Crippen LogP contribution in [0, 0.1) is 5.92 Å². The molecule has 1 aromatic carbocycles. The molecule has 1 aromatic heterocycles. The molecule has 0 radical (unpaired) electrons. The van der Waals surface area contributed by atoms with Gasteiger partial charge in [0.1, 0.15) is 12.1 Å². The van der Waals surface area contributed by atoms with Crippen LogP contribution >= 0.6 is 0 Å². The average molecular weight is 227 g/mol. The first-order chi connectivity index (χ1) is 8.38. The molecule has 4 heteroatoms. The Balaban J connectivity index is 2.03. The highest BCUT2D eigenvalue weighted by Crippen LogP contribution is 2.24. The van der Waals surface area contributed by atoms with E-state index in [0.29, 0.717) is 6.54 Å². The van der Waals surface area contributed by atoms with Crippen LogP contribution in [0.15, 0.2) is 30.3 Å². The first-order valence-corrected chi connectivity index (χ1v) is 5.81. The Kier molecular flexibility index (Phi) is 2.48. The molecule has 17 heavy (non-hydrogen) atoms. The van der Waals surface area contributed by atoms with Crippen molar-refractivity contribution in [2.24, 2.45) is 5.92 Å². The summed E-state index contributed by atoms with van der Waals surface area (Å²) >= 11 is 0. The maximum Gasteiger partial charge on any atom is 0.163 e. The molecule has 1 atom stereocenters. The van der Waals surface area contributed by atoms with Crippen LogP contribution in [0.2, 0.25) is 0 Å². The summed E-state index contributed by atoms with van der Waals surface area (Å²) in [6, 6.07) is 9.98. The van der Waals surface area contributed by atoms with Crippen LogP contribution in [0.5, 0.6) is 0 Å². The van der Waals surface area contributed by atoms with Crippen molar-refractivity contribution in [3.05, 3.63) is 36.2 Å². The normalized spacial score (nSPS) is 18.7. The third kappa shape index (κ3) is 1.75. The fraction of sp³-hybridized carbons (Fsp3) is 0.308. The second-order valence-electron chi connectivity index (χ2n) is 4.35. The molecular formula is C13H13N3O. The average Bonchev–Trinajstić information content (AvgIpc) is 2.82. The van der Waals surface area contributed by atoms with Crippen molar-refractivity contribution < 1.29 is 4.79 Å². The molecular weight excluding hydrogens is 214 g/mol. The fourth-order valence-electron chi connectivity index (χ4n) is 2.26. The summed E-state index contributed by atoms with van der Waals surface area (Å²) in [5, 5.41) is 8.43. The van der Waals surface area contributed by atoms with E-state index in [1.807, 2.05) is 30.3 Å². The number of aldehydes is 1. The number of rotatable bonds is 2. The zero-order valence-corrected chi connectivity index (χ0v) is 9.41. The van der Waals surface area contributed by atoms with E-state index < -0.39 is 0 Å². The van der Waals surface area contributed by atoms with E-state index >= 15 is 0 Å². The van der Waals surface area contributed by atoms with Gasteiger partial charge < -0.3 is 9.36 Å². The second-order valence-corrected chi connectivity index (χ2v) is 4.35. The van der Waals surface area contributed by atoms with E-state index in [2.05, 4.69) is 14.8 Å². The first-order valence-electron chi connectivity index (χ1n) is 5.81. The predicted octanol–water partition coefficient (Wildman–Crippen LogP) is 1.71. The topological polar surface area (TPSA) is 47.8 Å². The van der Waals surface area contributed by atoms with Crippen LogP contribution in [0.3, 0.4) is 0 Å². The molecule has 0 bridgehead atoms. The van der Waals surface area contributed by atoms with E-state index in [1.165, 1.54) is 0 Å². The van der Waals surface area contributed by atoms with Crippen molar-refractivity contribution in [3.63, 3.8) is 0 Å². The van der Waals surface area contributed by atoms with Crippen molar-refractivity contribution >= 4 is 6.29 Å². The molecule has 0 amide bonds. The Labute approximate surface area is 99.3 Å². The molecule has 0 N–H and O–H groups in total. The predicted molar refractivity (Wildman–Crippen MR) is 63.3 cm³/mol. The van der Waals surface area contributed by atoms with E-state index in [9.17, 15) is 4.79 Å². The number of hydrogen-bond donors (Lipinski definition) is 0. The van der Waals surface area contributed by atoms with Crippen molar-refractivity contribution in [1.29, 1.82) is 0 Å². The number of carbonyl (C=O) groups excluding carboxylic acids is 1. The molecule has 0 spiro atoms. The molecule has 86 valence electrons. The highest BCUT2D eigenvalue weighted by Gasteiger charge is 2.22.